The standard InChI is InChI=1S/C12H9S2/c13-11-7-3-1-5-9(11)10-6-2-4-8-12(10)14/h1-6,10H,7H2. The summed E-state index contributed by atoms with van der Waals surface area (Å²) < 4.78 is 0. The van der Waals surface area contributed by atoms with E-state index in [4.69, 9.17) is 24.4 Å². The number of hydrogen-bond donors (Lipinski definition) is 0. The maximum Gasteiger partial charge on any atom is 0.0392 e. The van der Waals surface area contributed by atoms with E-state index >= 15 is 0 Å². The van der Waals surface area contributed by atoms with Crippen molar-refractivity contribution in [2.24, 2.45) is 5.92 Å². The molecule has 0 aromatic carbocycles. The Hall–Kier alpha value is -0.860. The van der Waals surface area contributed by atoms with E-state index in [1.807, 2.05) is 18.2 Å². The van der Waals surface area contributed by atoms with Crippen LogP contribution in [0, 0.1) is 12.0 Å². The monoisotopic (exact) mass is 217 g/mol. The van der Waals surface area contributed by atoms with Gasteiger partial charge in [-0.25, -0.2) is 0 Å². The molecule has 0 nitrogen and oxygen atoms in total. The van der Waals surface area contributed by atoms with Crippen LogP contribution in [0.2, 0.25) is 0 Å². The quantitative estimate of drug-likeness (QED) is 0.619. The zero-order chi connectivity index (χ0) is 9.97. The van der Waals surface area contributed by atoms with Gasteiger partial charge in [0.2, 0.25) is 0 Å². The molecule has 0 heterocycles. The van der Waals surface area contributed by atoms with Crippen molar-refractivity contribution in [2.75, 3.05) is 0 Å². The lowest BCUT2D eigenvalue weighted by atomic mass is 9.87. The molecule has 1 unspecified atom stereocenters. The Bertz CT molecular complexity index is 395. The number of allylic oxidation sites excluding steroid dienone is 8. The van der Waals surface area contributed by atoms with Gasteiger partial charge in [0.15, 0.2) is 0 Å². The van der Waals surface area contributed by atoms with E-state index in [9.17, 15) is 0 Å². The van der Waals surface area contributed by atoms with Gasteiger partial charge in [-0.1, -0.05) is 60.9 Å². The second-order valence-corrected chi connectivity index (χ2v) is 4.15. The Morgan fingerprint density at radius 1 is 1.29 bits per heavy atom. The van der Waals surface area contributed by atoms with E-state index in [1.165, 1.54) is 0 Å². The summed E-state index contributed by atoms with van der Waals surface area (Å²) in [5.41, 5.74) is 1.16. The van der Waals surface area contributed by atoms with Crippen molar-refractivity contribution in [3.8, 4) is 0 Å². The smallest absolute Gasteiger partial charge is 0.0392 e. The molecular weight excluding hydrogens is 208 g/mol. The van der Waals surface area contributed by atoms with Gasteiger partial charge in [0.1, 0.15) is 0 Å². The Labute approximate surface area is 94.7 Å². The molecule has 0 spiro atoms. The molecule has 0 saturated heterocycles. The predicted octanol–water partition coefficient (Wildman–Crippen LogP) is 3.16. The summed E-state index contributed by atoms with van der Waals surface area (Å²) in [5.74, 6) is 0.160. The molecule has 69 valence electrons. The van der Waals surface area contributed by atoms with Gasteiger partial charge in [-0.15, -0.1) is 0 Å². The Balaban J connectivity index is 2.30. The highest BCUT2D eigenvalue weighted by Crippen LogP contribution is 2.24. The van der Waals surface area contributed by atoms with Crippen LogP contribution in [0.4, 0.5) is 0 Å². The van der Waals surface area contributed by atoms with Crippen molar-refractivity contribution >= 4 is 34.2 Å². The van der Waals surface area contributed by atoms with E-state index in [2.05, 4.69) is 24.3 Å². The molecule has 1 radical (unpaired) electrons. The van der Waals surface area contributed by atoms with E-state index in [0.717, 1.165) is 21.7 Å². The van der Waals surface area contributed by atoms with Crippen molar-refractivity contribution in [1.29, 1.82) is 0 Å². The van der Waals surface area contributed by atoms with Crippen LogP contribution in [-0.2, 0) is 0 Å². The summed E-state index contributed by atoms with van der Waals surface area (Å²) in [6, 6.07) is 0. The average molecular weight is 217 g/mol. The van der Waals surface area contributed by atoms with Gasteiger partial charge in [0, 0.05) is 22.1 Å². The lowest BCUT2D eigenvalue weighted by Crippen LogP contribution is -2.18. The largest absolute Gasteiger partial charge is 0.0842 e. The van der Waals surface area contributed by atoms with Gasteiger partial charge in [0.25, 0.3) is 0 Å². The van der Waals surface area contributed by atoms with Crippen LogP contribution in [-0.4, -0.2) is 9.73 Å². The fourth-order valence-corrected chi connectivity index (χ4v) is 2.12. The fourth-order valence-electron chi connectivity index (χ4n) is 1.55. The molecule has 0 aromatic rings. The number of hydrogen-bond acceptors (Lipinski definition) is 2. The van der Waals surface area contributed by atoms with E-state index in [1.54, 1.807) is 0 Å². The first kappa shape index (κ1) is 9.69. The maximum absolute atomic E-state index is 5.31. The lowest BCUT2D eigenvalue weighted by Gasteiger charge is -2.19. The summed E-state index contributed by atoms with van der Waals surface area (Å²) in [6.07, 6.45) is 16.0. The minimum atomic E-state index is 0.160. The summed E-state index contributed by atoms with van der Waals surface area (Å²) in [5, 5.41) is 0. The number of thiocarbonyl (C=S) groups is 2. The van der Waals surface area contributed by atoms with Crippen LogP contribution in [0.15, 0.2) is 42.0 Å². The fraction of sp³-hybridized carbons (Fsp3) is 0.167. The Morgan fingerprint density at radius 3 is 2.86 bits per heavy atom. The molecule has 0 aromatic heterocycles. The summed E-state index contributed by atoms with van der Waals surface area (Å²) in [7, 11) is 0. The Kier molecular flexibility index (Phi) is 2.85. The Morgan fingerprint density at radius 2 is 2.14 bits per heavy atom. The van der Waals surface area contributed by atoms with Gasteiger partial charge >= 0.3 is 0 Å². The van der Waals surface area contributed by atoms with Crippen molar-refractivity contribution in [3.63, 3.8) is 0 Å². The van der Waals surface area contributed by atoms with Crippen LogP contribution in [0.1, 0.15) is 6.42 Å². The second kappa shape index (κ2) is 4.11. The van der Waals surface area contributed by atoms with Crippen molar-refractivity contribution < 1.29 is 0 Å². The molecule has 2 aliphatic rings. The molecule has 0 aliphatic heterocycles. The predicted molar refractivity (Wildman–Crippen MR) is 67.5 cm³/mol. The van der Waals surface area contributed by atoms with Crippen molar-refractivity contribution in [2.45, 2.75) is 6.42 Å². The van der Waals surface area contributed by atoms with Gasteiger partial charge in [-0.2, -0.15) is 0 Å². The third kappa shape index (κ3) is 1.81. The molecule has 2 rings (SSSR count). The average Bonchev–Trinajstić information content (AvgIpc) is 2.20. The third-order valence-electron chi connectivity index (χ3n) is 2.28. The van der Waals surface area contributed by atoms with E-state index in [0.29, 0.717) is 0 Å². The first-order chi connectivity index (χ1) is 6.79. The maximum atomic E-state index is 5.31. The van der Waals surface area contributed by atoms with Crippen LogP contribution >= 0.6 is 24.4 Å². The molecule has 0 fully saturated rings. The third-order valence-corrected chi connectivity index (χ3v) is 3.05. The topological polar surface area (TPSA) is 0 Å². The zero-order valence-corrected chi connectivity index (χ0v) is 9.20. The number of rotatable bonds is 1. The molecular formula is C12H9S2. The van der Waals surface area contributed by atoms with Crippen LogP contribution in [0.3, 0.4) is 0 Å². The van der Waals surface area contributed by atoms with Crippen molar-refractivity contribution in [1.82, 2.24) is 0 Å². The first-order valence-corrected chi connectivity index (χ1v) is 5.31. The van der Waals surface area contributed by atoms with E-state index < -0.39 is 0 Å². The molecule has 0 saturated carbocycles. The van der Waals surface area contributed by atoms with Crippen LogP contribution in [0.25, 0.3) is 0 Å². The zero-order valence-electron chi connectivity index (χ0n) is 7.57. The normalized spacial score (nSPS) is 25.4. The highest BCUT2D eigenvalue weighted by molar-refractivity contribution is 7.81. The summed E-state index contributed by atoms with van der Waals surface area (Å²) in [6.45, 7) is 0. The summed E-state index contributed by atoms with van der Waals surface area (Å²) in [4.78, 5) is 1.82. The van der Waals surface area contributed by atoms with E-state index in [-0.39, 0.29) is 5.92 Å². The molecule has 0 N–H and O–H groups in total. The van der Waals surface area contributed by atoms with Crippen LogP contribution in [0.5, 0.6) is 0 Å². The second-order valence-electron chi connectivity index (χ2n) is 3.22. The molecule has 1 atom stereocenters. The highest BCUT2D eigenvalue weighted by Gasteiger charge is 2.20. The summed E-state index contributed by atoms with van der Waals surface area (Å²) >= 11 is 10.6. The minimum absolute atomic E-state index is 0.160. The first-order valence-electron chi connectivity index (χ1n) is 4.49. The van der Waals surface area contributed by atoms with Gasteiger partial charge < -0.3 is 0 Å². The van der Waals surface area contributed by atoms with Gasteiger partial charge in [0.05, 0.1) is 0 Å². The minimum Gasteiger partial charge on any atom is -0.0842 e. The highest BCUT2D eigenvalue weighted by atomic mass is 32.1. The lowest BCUT2D eigenvalue weighted by molar-refractivity contribution is 1.09. The molecule has 0 amide bonds. The van der Waals surface area contributed by atoms with Gasteiger partial charge in [-0.3, -0.25) is 0 Å². The van der Waals surface area contributed by atoms with Crippen molar-refractivity contribution in [3.05, 3.63) is 48.1 Å². The SMILES string of the molecule is S=C1CC=CC=C1C1C=CC=[C]C1=S. The molecule has 2 aliphatic carbocycles. The molecule has 0 bridgehead atoms. The van der Waals surface area contributed by atoms with Crippen LogP contribution < -0.4 is 0 Å². The van der Waals surface area contributed by atoms with Gasteiger partial charge in [-0.05, 0) is 11.6 Å². The molecule has 14 heavy (non-hydrogen) atoms. The molecule has 2 heteroatoms.